The van der Waals surface area contributed by atoms with Gasteiger partial charge >= 0.3 is 17.9 Å². The summed E-state index contributed by atoms with van der Waals surface area (Å²) < 4.78 is 94.4. The van der Waals surface area contributed by atoms with Gasteiger partial charge in [-0.05, 0) is 271 Å². The van der Waals surface area contributed by atoms with Crippen molar-refractivity contribution in [2.45, 2.75) is 397 Å². The minimum atomic E-state index is -3.69. The first-order chi connectivity index (χ1) is 62.8. The van der Waals surface area contributed by atoms with Crippen LogP contribution in [0, 0.1) is 13.8 Å². The Morgan fingerprint density at radius 2 is 0.766 bits per heavy atom. The lowest BCUT2D eigenvalue weighted by Gasteiger charge is -2.20. The molecule has 5 N–H and O–H groups in total. The number of carbonyl (C=O) groups excluding carboxylic acids is 2. The summed E-state index contributed by atoms with van der Waals surface area (Å²) in [5.41, 5.74) is 2.01. The fourth-order valence-corrected chi connectivity index (χ4v) is 14.5. The van der Waals surface area contributed by atoms with E-state index in [0.29, 0.717) is 58.2 Å². The van der Waals surface area contributed by atoms with Crippen LogP contribution in [0.15, 0.2) is 131 Å². The molecule has 3 saturated heterocycles. The molecule has 0 saturated carbocycles. The molecule has 0 bridgehead atoms. The fraction of sp³-hybridized carbons (Fsp3) is 0.743. The maximum absolute atomic E-state index is 12.5. The largest absolute Gasteiger partial charge is 0.481 e. The Morgan fingerprint density at radius 1 is 0.453 bits per heavy atom. The maximum atomic E-state index is 12.5. The van der Waals surface area contributed by atoms with E-state index in [2.05, 4.69) is 123 Å². The number of esters is 2. The summed E-state index contributed by atoms with van der Waals surface area (Å²) in [5.74, 6) is -2.44. The third-order valence-corrected chi connectivity index (χ3v) is 23.3. The molecule has 0 amide bonds. The predicted octanol–water partition coefficient (Wildman–Crippen LogP) is 23.4. The maximum Gasteiger partial charge on any atom is 0.306 e. The van der Waals surface area contributed by atoms with E-state index in [0.717, 1.165) is 134 Å². The molecule has 24 nitrogen and oxygen atoms in total. The lowest BCUT2D eigenvalue weighted by Crippen LogP contribution is -2.29. The second kappa shape index (κ2) is 98.7. The summed E-state index contributed by atoms with van der Waals surface area (Å²) >= 11 is 0. The SMILES string of the molecule is CC1(C)OC[C@H](CCO)O1.CCCCC/C=C\C/C=C\CCCCCCCC(=O)O.CCCCC/C=C\C/C=C\CCCCCCCC(=O)OC[C@H](CCN(C)C)OC(=O)CCCCCCC/C=C\C/C=C\CCCCC.CN(C)CC[C@H](O)CO.CN(C)CC[C@H]1COC(C)(C)O1.CNC.Cc1ccc(S(=O)(=O)Cl)cc1.Cc1ccc(S(=O)(=O)OCC[C@H]2COC(C)(C)O2)cc1.S.S.S.S.S. The van der Waals surface area contributed by atoms with Crippen LogP contribution in [0.25, 0.3) is 0 Å². The number of aliphatic hydroxyl groups is 3. The minimum absolute atomic E-state index is 0. The second-order valence-corrected chi connectivity index (χ2v) is 40.4. The summed E-state index contributed by atoms with van der Waals surface area (Å²) in [5, 5.41) is 37.0. The van der Waals surface area contributed by atoms with Crippen molar-refractivity contribution in [3.05, 3.63) is 133 Å². The third-order valence-electron chi connectivity index (χ3n) is 20.6. The van der Waals surface area contributed by atoms with Crippen molar-refractivity contribution in [2.75, 3.05) is 122 Å². The number of nitrogens with zero attached hydrogens (tertiary/aromatic N) is 3. The molecule has 0 unspecified atom stereocenters. The lowest BCUT2D eigenvalue weighted by molar-refractivity contribution is -0.159. The standard InChI is InChI=1S/C42H75NO4.C18H32O2.C14H20O5S.C9H19NO2.C7H7ClO2S.C7H14O3.C6H15NO2.C2H7N.5H2S/c1-5-7-9-11-13-15-17-19-21-23-25-27-29-31-33-35-41(44)46-39-40(37-38-43(3)4)47-42(45)36-34-32-30-28-26-24-22-20-18-16-14-12-10-8-6-2;1-2-3-4-5-6-7-8-9-10-11-12-13-14-15-16-17-18(19)20;1-11-4-6-13(7-5-11)20(15,16)18-9-8-12-10-17-14(2,3)19-12;1-9(2)11-7-8(12-9)5-6-10(3)4;1-6-2-4-7(5-3-6)11(8,9)10;1-7(2)9-5-6(10-7)3-4-8;1-7(2)4-3-6(9)5-8;1-3-2;;;;;/h13-16,19-22,40H,5-12,17-18,23-39H2,1-4H3;6-7,9-10H,2-5,8,11-17H2,1H3,(H,19,20);4-7,12H,8-10H2,1-3H3;8H,5-7H2,1-4H3;2-5H,1H3;6,8H,3-5H2,1-2H3;6,8-9H,3-5H2,1-2H3;3H,1-2H3;5*1H2/b15-13-,16-14-,21-19-,22-20-;7-6-,10-9-;;;;;;;;;;;/t40-;;12-;8-;;2*6-;;;;;;/m0.00.00....../s1. The second-order valence-electron chi connectivity index (χ2n) is 36.2. The Bertz CT molecular complexity index is 3490. The van der Waals surface area contributed by atoms with Crippen molar-refractivity contribution >= 4 is 115 Å². The number of benzene rings is 2. The predicted molar refractivity (Wildman–Crippen MR) is 596 cm³/mol. The van der Waals surface area contributed by atoms with Gasteiger partial charge in [-0.15, -0.1) is 0 Å². The van der Waals surface area contributed by atoms with Crippen LogP contribution in [-0.4, -0.2) is 240 Å². The molecule has 808 valence electrons. The number of rotatable bonds is 63. The summed E-state index contributed by atoms with van der Waals surface area (Å²) in [7, 11) is 13.6. The number of carboxylic acids is 1. The number of hydrogen-bond donors (Lipinski definition) is 5. The highest BCUT2D eigenvalue weighted by molar-refractivity contribution is 8.13. The number of unbranched alkanes of at least 4 members (excludes halogenated alkanes) is 24. The Morgan fingerprint density at radius 3 is 1.09 bits per heavy atom. The van der Waals surface area contributed by atoms with E-state index in [9.17, 15) is 31.2 Å². The van der Waals surface area contributed by atoms with Crippen LogP contribution < -0.4 is 5.32 Å². The van der Waals surface area contributed by atoms with E-state index < -0.39 is 42.8 Å². The first kappa shape index (κ1) is 149. The van der Waals surface area contributed by atoms with Crippen LogP contribution in [0.2, 0.25) is 0 Å². The van der Waals surface area contributed by atoms with Crippen molar-refractivity contribution in [1.82, 2.24) is 20.0 Å². The molecule has 3 heterocycles. The summed E-state index contributed by atoms with van der Waals surface area (Å²) in [6.07, 6.45) is 69.8. The Kier molecular flexibility index (Phi) is 107. The van der Waals surface area contributed by atoms with Crippen molar-refractivity contribution in [3.63, 3.8) is 0 Å². The highest BCUT2D eigenvalue weighted by Crippen LogP contribution is 2.27. The molecule has 0 aromatic heterocycles. The van der Waals surface area contributed by atoms with Gasteiger partial charge in [0.15, 0.2) is 17.4 Å². The van der Waals surface area contributed by atoms with Gasteiger partial charge in [-0.1, -0.05) is 225 Å². The van der Waals surface area contributed by atoms with Crippen LogP contribution in [0.3, 0.4) is 0 Å². The Balaban J connectivity index is -0.000000256. The zero-order valence-electron chi connectivity index (χ0n) is 88.4. The van der Waals surface area contributed by atoms with Crippen molar-refractivity contribution in [2.24, 2.45) is 0 Å². The lowest BCUT2D eigenvalue weighted by atomic mass is 10.1. The highest BCUT2D eigenvalue weighted by atomic mass is 35.7. The molecular weight excluding hydrogens is 1900 g/mol. The van der Waals surface area contributed by atoms with Gasteiger partial charge in [0.25, 0.3) is 19.2 Å². The van der Waals surface area contributed by atoms with Crippen molar-refractivity contribution in [3.8, 4) is 0 Å². The minimum Gasteiger partial charge on any atom is -0.481 e. The number of carboxylic acid groups (broad SMARTS) is 1. The topological polar surface area (TPSA) is 305 Å². The van der Waals surface area contributed by atoms with Crippen molar-refractivity contribution < 1.29 is 93.7 Å². The van der Waals surface area contributed by atoms with Crippen LogP contribution >= 0.6 is 78.2 Å². The normalized spacial score (nSPS) is 16.0. The molecule has 5 rings (SSSR count). The molecular formula is C105H199ClN4O20S7. The zero-order valence-corrected chi connectivity index (χ0v) is 95.7. The molecule has 3 aliphatic rings. The van der Waals surface area contributed by atoms with Crippen molar-refractivity contribution in [1.29, 1.82) is 0 Å². The molecule has 2 aromatic rings. The Labute approximate surface area is 874 Å². The van der Waals surface area contributed by atoms with E-state index in [1.165, 1.54) is 134 Å². The molecule has 0 spiro atoms. The quantitative estimate of drug-likeness (QED) is 0.0135. The summed E-state index contributed by atoms with van der Waals surface area (Å²) in [4.78, 5) is 41.7. The van der Waals surface area contributed by atoms with Crippen LogP contribution in [0.4, 0.5) is 0 Å². The molecule has 5 atom stereocenters. The number of halogens is 1. The number of aliphatic hydroxyl groups excluding tert-OH is 3. The molecule has 137 heavy (non-hydrogen) atoms. The average Bonchev–Trinajstić information content (AvgIpc) is 1.76. The number of carbonyl (C=O) groups is 3. The number of allylic oxidation sites excluding steroid dienone is 12. The first-order valence-corrected chi connectivity index (χ1v) is 53.3. The molecule has 32 heteroatoms. The first-order valence-electron chi connectivity index (χ1n) is 49.6. The number of nitrogens with one attached hydrogen (secondary N) is 1. The number of ether oxygens (including phenoxy) is 8. The van der Waals surface area contributed by atoms with Gasteiger partial charge in [0.1, 0.15) is 12.7 Å². The summed E-state index contributed by atoms with van der Waals surface area (Å²) in [6.45, 7) is 26.6. The van der Waals surface area contributed by atoms with Gasteiger partial charge < -0.3 is 78.3 Å². The molecule has 3 fully saturated rings. The van der Waals surface area contributed by atoms with Gasteiger partial charge in [-0.2, -0.15) is 75.9 Å². The number of hydrogen-bond acceptors (Lipinski definition) is 23. The van der Waals surface area contributed by atoms with Gasteiger partial charge in [0.2, 0.25) is 0 Å². The van der Waals surface area contributed by atoms with Crippen LogP contribution in [-0.2, 0) is 75.6 Å². The molecule has 0 aliphatic carbocycles. The number of aliphatic carboxylic acids is 1. The molecule has 3 aliphatic heterocycles. The van der Waals surface area contributed by atoms with E-state index in [-0.39, 0.29) is 146 Å². The third kappa shape index (κ3) is 102. The molecule has 0 radical (unpaired) electrons. The number of aryl methyl sites for hydroxylation is 2. The highest BCUT2D eigenvalue weighted by Gasteiger charge is 2.34. The van der Waals surface area contributed by atoms with E-state index >= 15 is 0 Å². The monoisotopic (exact) mass is 2100 g/mol. The van der Waals surface area contributed by atoms with Crippen LogP contribution in [0.1, 0.15) is 337 Å². The average molecular weight is 2100 g/mol. The zero-order chi connectivity index (χ0) is 99.4. The van der Waals surface area contributed by atoms with Gasteiger partial charge in [0.05, 0.1) is 67.2 Å². The van der Waals surface area contributed by atoms with Crippen LogP contribution in [0.5, 0.6) is 0 Å². The van der Waals surface area contributed by atoms with Gasteiger partial charge in [0, 0.05) is 69.0 Å². The summed E-state index contributed by atoms with van der Waals surface area (Å²) in [6, 6.07) is 12.9. The smallest absolute Gasteiger partial charge is 0.306 e. The van der Waals surface area contributed by atoms with Gasteiger partial charge in [-0.25, -0.2) is 8.42 Å². The fourth-order valence-electron chi connectivity index (χ4n) is 12.9. The van der Waals surface area contributed by atoms with E-state index in [1.54, 1.807) is 36.4 Å². The Hall–Kier alpha value is -3.33. The van der Waals surface area contributed by atoms with Gasteiger partial charge in [-0.3, -0.25) is 18.6 Å². The molecule has 2 aromatic carbocycles. The van der Waals surface area contributed by atoms with E-state index in [4.69, 9.17) is 73.2 Å². The van der Waals surface area contributed by atoms with E-state index in [1.807, 2.05) is 103 Å².